The molecule has 0 aromatic heterocycles. The fraction of sp³-hybridized carbons (Fsp3) is 1.00. The van der Waals surface area contributed by atoms with Gasteiger partial charge in [0, 0.05) is 6.04 Å². The normalized spacial score (nSPS) is 34.0. The van der Waals surface area contributed by atoms with E-state index in [0.717, 1.165) is 23.8 Å². The SMILES string of the molecule is CCC(C)CNC1CCCC(C2CC2)C1. The fourth-order valence-corrected chi connectivity index (χ4v) is 2.92. The second-order valence-corrected chi connectivity index (χ2v) is 5.88. The Morgan fingerprint density at radius 1 is 1.13 bits per heavy atom. The van der Waals surface area contributed by atoms with Gasteiger partial charge in [-0.2, -0.15) is 0 Å². The van der Waals surface area contributed by atoms with Crippen molar-refractivity contribution in [2.75, 3.05) is 6.54 Å². The maximum atomic E-state index is 3.78. The number of rotatable bonds is 5. The third-order valence-corrected chi connectivity index (χ3v) is 4.46. The van der Waals surface area contributed by atoms with Crippen LogP contribution in [0, 0.1) is 17.8 Å². The summed E-state index contributed by atoms with van der Waals surface area (Å²) in [6, 6.07) is 0.846. The molecule has 0 spiro atoms. The molecule has 2 rings (SSSR count). The van der Waals surface area contributed by atoms with Crippen LogP contribution in [0.5, 0.6) is 0 Å². The van der Waals surface area contributed by atoms with Crippen molar-refractivity contribution in [3.63, 3.8) is 0 Å². The molecule has 2 aliphatic carbocycles. The van der Waals surface area contributed by atoms with Gasteiger partial charge in [0.05, 0.1) is 0 Å². The summed E-state index contributed by atoms with van der Waals surface area (Å²) in [5, 5.41) is 3.78. The second kappa shape index (κ2) is 5.34. The molecule has 2 aliphatic rings. The van der Waals surface area contributed by atoms with Gasteiger partial charge in [0.15, 0.2) is 0 Å². The number of nitrogens with one attached hydrogen (secondary N) is 1. The van der Waals surface area contributed by atoms with E-state index in [-0.39, 0.29) is 0 Å². The molecule has 0 aromatic rings. The molecule has 2 fully saturated rings. The summed E-state index contributed by atoms with van der Waals surface area (Å²) in [7, 11) is 0. The summed E-state index contributed by atoms with van der Waals surface area (Å²) in [5.41, 5.74) is 0. The van der Waals surface area contributed by atoms with Crippen LogP contribution in [-0.4, -0.2) is 12.6 Å². The molecule has 0 aromatic carbocycles. The lowest BCUT2D eigenvalue weighted by Crippen LogP contribution is -2.37. The molecule has 0 saturated heterocycles. The molecule has 3 atom stereocenters. The van der Waals surface area contributed by atoms with Gasteiger partial charge in [-0.3, -0.25) is 0 Å². The van der Waals surface area contributed by atoms with Crippen LogP contribution in [0.15, 0.2) is 0 Å². The lowest BCUT2D eigenvalue weighted by molar-refractivity contribution is 0.254. The zero-order chi connectivity index (χ0) is 10.7. The molecule has 0 heterocycles. The predicted octanol–water partition coefficient (Wildman–Crippen LogP) is 3.59. The standard InChI is InChI=1S/C14H27N/c1-3-11(2)10-15-14-6-4-5-13(9-14)12-7-8-12/h11-15H,3-10H2,1-2H3. The van der Waals surface area contributed by atoms with Crippen molar-refractivity contribution >= 4 is 0 Å². The van der Waals surface area contributed by atoms with E-state index in [2.05, 4.69) is 19.2 Å². The Kier molecular flexibility index (Phi) is 4.07. The fourth-order valence-electron chi connectivity index (χ4n) is 2.92. The molecule has 1 nitrogen and oxygen atoms in total. The Hall–Kier alpha value is -0.0400. The lowest BCUT2D eigenvalue weighted by atomic mass is 9.82. The summed E-state index contributed by atoms with van der Waals surface area (Å²) in [5.74, 6) is 3.05. The van der Waals surface area contributed by atoms with Crippen molar-refractivity contribution in [3.8, 4) is 0 Å². The van der Waals surface area contributed by atoms with Gasteiger partial charge in [0.1, 0.15) is 0 Å². The van der Waals surface area contributed by atoms with Crippen LogP contribution in [0.3, 0.4) is 0 Å². The first-order valence-corrected chi connectivity index (χ1v) is 7.03. The Labute approximate surface area is 95.0 Å². The molecule has 2 saturated carbocycles. The van der Waals surface area contributed by atoms with E-state index >= 15 is 0 Å². The van der Waals surface area contributed by atoms with Crippen LogP contribution >= 0.6 is 0 Å². The highest BCUT2D eigenvalue weighted by Gasteiger charge is 2.34. The maximum Gasteiger partial charge on any atom is 0.00699 e. The van der Waals surface area contributed by atoms with E-state index in [1.165, 1.54) is 51.5 Å². The van der Waals surface area contributed by atoms with Gasteiger partial charge in [-0.1, -0.05) is 33.1 Å². The number of hydrogen-bond acceptors (Lipinski definition) is 1. The molecule has 1 heteroatoms. The highest BCUT2D eigenvalue weighted by atomic mass is 14.9. The molecule has 1 N–H and O–H groups in total. The lowest BCUT2D eigenvalue weighted by Gasteiger charge is -2.30. The topological polar surface area (TPSA) is 12.0 Å². The molecule has 0 aliphatic heterocycles. The van der Waals surface area contributed by atoms with Gasteiger partial charge in [-0.15, -0.1) is 0 Å². The average Bonchev–Trinajstić information content (AvgIpc) is 3.10. The third-order valence-electron chi connectivity index (χ3n) is 4.46. The Balaban J connectivity index is 1.67. The van der Waals surface area contributed by atoms with E-state index in [1.54, 1.807) is 0 Å². The number of hydrogen-bond donors (Lipinski definition) is 1. The van der Waals surface area contributed by atoms with Gasteiger partial charge in [0.2, 0.25) is 0 Å². The van der Waals surface area contributed by atoms with Crippen LogP contribution in [0.4, 0.5) is 0 Å². The van der Waals surface area contributed by atoms with E-state index < -0.39 is 0 Å². The molecular formula is C14H27N. The van der Waals surface area contributed by atoms with Gasteiger partial charge >= 0.3 is 0 Å². The highest BCUT2D eigenvalue weighted by molar-refractivity contribution is 4.87. The van der Waals surface area contributed by atoms with Crippen LogP contribution in [-0.2, 0) is 0 Å². The minimum atomic E-state index is 0.846. The van der Waals surface area contributed by atoms with Gasteiger partial charge in [-0.05, 0) is 50.0 Å². The summed E-state index contributed by atoms with van der Waals surface area (Å²) in [6.45, 7) is 5.88. The summed E-state index contributed by atoms with van der Waals surface area (Å²) >= 11 is 0. The summed E-state index contributed by atoms with van der Waals surface area (Å²) in [6.07, 6.45) is 10.3. The van der Waals surface area contributed by atoms with Gasteiger partial charge in [-0.25, -0.2) is 0 Å². The minimum Gasteiger partial charge on any atom is -0.314 e. The summed E-state index contributed by atoms with van der Waals surface area (Å²) in [4.78, 5) is 0. The van der Waals surface area contributed by atoms with Gasteiger partial charge < -0.3 is 5.32 Å². The first kappa shape index (κ1) is 11.4. The smallest absolute Gasteiger partial charge is 0.00699 e. The van der Waals surface area contributed by atoms with E-state index in [4.69, 9.17) is 0 Å². The van der Waals surface area contributed by atoms with E-state index in [1.807, 2.05) is 0 Å². The third kappa shape index (κ3) is 3.48. The molecule has 15 heavy (non-hydrogen) atoms. The summed E-state index contributed by atoms with van der Waals surface area (Å²) < 4.78 is 0. The highest BCUT2D eigenvalue weighted by Crippen LogP contribution is 2.43. The average molecular weight is 209 g/mol. The molecule has 3 unspecified atom stereocenters. The molecule has 0 amide bonds. The van der Waals surface area contributed by atoms with Crippen LogP contribution in [0.25, 0.3) is 0 Å². The predicted molar refractivity (Wildman–Crippen MR) is 65.9 cm³/mol. The van der Waals surface area contributed by atoms with Crippen LogP contribution in [0.2, 0.25) is 0 Å². The molecule has 88 valence electrons. The quantitative estimate of drug-likeness (QED) is 0.729. The monoisotopic (exact) mass is 209 g/mol. The van der Waals surface area contributed by atoms with Crippen molar-refractivity contribution < 1.29 is 0 Å². The zero-order valence-corrected chi connectivity index (χ0v) is 10.5. The van der Waals surface area contributed by atoms with E-state index in [9.17, 15) is 0 Å². The van der Waals surface area contributed by atoms with Crippen molar-refractivity contribution in [1.29, 1.82) is 0 Å². The van der Waals surface area contributed by atoms with Crippen LogP contribution < -0.4 is 5.32 Å². The van der Waals surface area contributed by atoms with Crippen molar-refractivity contribution in [3.05, 3.63) is 0 Å². The van der Waals surface area contributed by atoms with Crippen molar-refractivity contribution in [2.45, 2.75) is 64.8 Å². The largest absolute Gasteiger partial charge is 0.314 e. The molecule has 0 radical (unpaired) electrons. The second-order valence-electron chi connectivity index (χ2n) is 5.88. The first-order valence-electron chi connectivity index (χ1n) is 7.03. The Bertz CT molecular complexity index is 186. The van der Waals surface area contributed by atoms with E-state index in [0.29, 0.717) is 0 Å². The zero-order valence-electron chi connectivity index (χ0n) is 10.5. The minimum absolute atomic E-state index is 0.846. The van der Waals surface area contributed by atoms with Crippen molar-refractivity contribution in [2.24, 2.45) is 17.8 Å². The van der Waals surface area contributed by atoms with Crippen LogP contribution in [0.1, 0.15) is 58.8 Å². The Morgan fingerprint density at radius 2 is 1.93 bits per heavy atom. The first-order chi connectivity index (χ1) is 7.29. The maximum absolute atomic E-state index is 3.78. The van der Waals surface area contributed by atoms with Crippen molar-refractivity contribution in [1.82, 2.24) is 5.32 Å². The molecule has 0 bridgehead atoms. The molecular weight excluding hydrogens is 182 g/mol. The Morgan fingerprint density at radius 3 is 2.60 bits per heavy atom. The van der Waals surface area contributed by atoms with Gasteiger partial charge in [0.25, 0.3) is 0 Å².